The van der Waals surface area contributed by atoms with Gasteiger partial charge in [0.05, 0.1) is 15.7 Å². The van der Waals surface area contributed by atoms with Crippen LogP contribution in [-0.2, 0) is 6.54 Å². The number of nitrogens with one attached hydrogen (secondary N) is 1. The minimum absolute atomic E-state index is 0.290. The summed E-state index contributed by atoms with van der Waals surface area (Å²) in [6.07, 6.45) is 3.38. The Morgan fingerprint density at radius 1 is 1.14 bits per heavy atom. The van der Waals surface area contributed by atoms with Gasteiger partial charge in [0.2, 0.25) is 0 Å². The van der Waals surface area contributed by atoms with Gasteiger partial charge >= 0.3 is 0 Å². The maximum atomic E-state index is 12.9. The van der Waals surface area contributed by atoms with Crippen LogP contribution in [0.3, 0.4) is 0 Å². The molecule has 1 amide bonds. The summed E-state index contributed by atoms with van der Waals surface area (Å²) in [7, 11) is 0. The fourth-order valence-electron chi connectivity index (χ4n) is 2.82. The third-order valence-electron chi connectivity index (χ3n) is 4.26. The summed E-state index contributed by atoms with van der Waals surface area (Å²) in [6, 6.07) is 14.1. The van der Waals surface area contributed by atoms with Gasteiger partial charge in [-0.2, -0.15) is 5.10 Å². The number of pyridine rings is 1. The molecule has 0 spiro atoms. The Morgan fingerprint density at radius 3 is 2.69 bits per heavy atom. The van der Waals surface area contributed by atoms with E-state index in [1.54, 1.807) is 36.7 Å². The van der Waals surface area contributed by atoms with Gasteiger partial charge in [0, 0.05) is 25.0 Å². The van der Waals surface area contributed by atoms with Crippen molar-refractivity contribution in [2.45, 2.75) is 13.5 Å². The molecule has 4 aromatic rings. The number of halogens is 2. The molecule has 0 saturated carbocycles. The zero-order chi connectivity index (χ0) is 20.4. The molecule has 8 heteroatoms. The van der Waals surface area contributed by atoms with Crippen molar-refractivity contribution >= 4 is 29.1 Å². The molecule has 146 valence electrons. The molecule has 4 rings (SSSR count). The second kappa shape index (κ2) is 8.11. The second-order valence-electron chi connectivity index (χ2n) is 6.38. The van der Waals surface area contributed by atoms with Gasteiger partial charge in [-0.3, -0.25) is 9.78 Å². The molecule has 0 atom stereocenters. The number of benzene rings is 1. The Labute approximate surface area is 177 Å². The summed E-state index contributed by atoms with van der Waals surface area (Å²) in [5, 5.41) is 8.25. The first-order valence-electron chi connectivity index (χ1n) is 8.80. The molecule has 0 radical (unpaired) electrons. The second-order valence-corrected chi connectivity index (χ2v) is 7.19. The van der Waals surface area contributed by atoms with E-state index in [1.807, 2.05) is 31.2 Å². The van der Waals surface area contributed by atoms with Crippen LogP contribution in [0.1, 0.15) is 21.8 Å². The Hall–Kier alpha value is -3.09. The maximum absolute atomic E-state index is 12.9. The lowest BCUT2D eigenvalue weighted by atomic mass is 10.2. The zero-order valence-corrected chi connectivity index (χ0v) is 16.9. The molecular weight excluding hydrogens is 411 g/mol. The molecule has 0 fully saturated rings. The van der Waals surface area contributed by atoms with Crippen LogP contribution in [0.4, 0.5) is 0 Å². The monoisotopic (exact) mass is 426 g/mol. The third kappa shape index (κ3) is 4.18. The van der Waals surface area contributed by atoms with E-state index < -0.39 is 0 Å². The fourth-order valence-corrected chi connectivity index (χ4v) is 3.12. The van der Waals surface area contributed by atoms with Crippen LogP contribution in [-0.4, -0.2) is 20.7 Å². The van der Waals surface area contributed by atoms with Crippen molar-refractivity contribution in [3.05, 3.63) is 88.0 Å². The summed E-state index contributed by atoms with van der Waals surface area (Å²) in [5.41, 5.74) is 2.39. The molecule has 29 heavy (non-hydrogen) atoms. The lowest BCUT2D eigenvalue weighted by molar-refractivity contribution is 0.0943. The number of carbonyl (C=O) groups is 1. The first kappa shape index (κ1) is 19.2. The molecule has 1 aromatic carbocycles. The average molecular weight is 427 g/mol. The molecule has 3 heterocycles. The number of furan rings is 1. The van der Waals surface area contributed by atoms with Crippen molar-refractivity contribution in [3.8, 4) is 17.1 Å². The molecule has 0 saturated heterocycles. The van der Waals surface area contributed by atoms with E-state index in [1.165, 1.54) is 4.68 Å². The van der Waals surface area contributed by atoms with Crippen LogP contribution in [0.25, 0.3) is 17.1 Å². The van der Waals surface area contributed by atoms with Gasteiger partial charge in [-0.25, -0.2) is 4.68 Å². The molecule has 0 aliphatic carbocycles. The first-order valence-corrected chi connectivity index (χ1v) is 9.56. The summed E-state index contributed by atoms with van der Waals surface area (Å²) in [5.74, 6) is 1.04. The van der Waals surface area contributed by atoms with Gasteiger partial charge in [-0.15, -0.1) is 0 Å². The van der Waals surface area contributed by atoms with Crippen molar-refractivity contribution in [2.24, 2.45) is 0 Å². The van der Waals surface area contributed by atoms with Gasteiger partial charge in [0.15, 0.2) is 5.76 Å². The molecule has 3 aromatic heterocycles. The average Bonchev–Trinajstić information content (AvgIpc) is 3.35. The third-order valence-corrected chi connectivity index (χ3v) is 5.00. The smallest absolute Gasteiger partial charge is 0.270 e. The Bertz CT molecular complexity index is 1170. The van der Waals surface area contributed by atoms with Crippen molar-refractivity contribution in [3.63, 3.8) is 0 Å². The predicted molar refractivity (Wildman–Crippen MR) is 111 cm³/mol. The van der Waals surface area contributed by atoms with Crippen molar-refractivity contribution in [1.82, 2.24) is 20.1 Å². The van der Waals surface area contributed by atoms with Crippen LogP contribution in [0, 0.1) is 6.92 Å². The number of carbonyl (C=O) groups excluding carboxylic acids is 1. The quantitative estimate of drug-likeness (QED) is 0.483. The number of rotatable bonds is 5. The minimum Gasteiger partial charge on any atom is -0.460 e. The van der Waals surface area contributed by atoms with Gasteiger partial charge in [0.1, 0.15) is 17.1 Å². The van der Waals surface area contributed by atoms with E-state index in [9.17, 15) is 4.79 Å². The highest BCUT2D eigenvalue weighted by Gasteiger charge is 2.19. The SMILES string of the molecule is Cc1ccc(-c2cc(C(=O)NCc3cccnc3)n(-c3ccc(Cl)c(Cl)c3)n2)o1. The van der Waals surface area contributed by atoms with Crippen LogP contribution in [0.15, 0.2) is 65.3 Å². The Morgan fingerprint density at radius 2 is 2.00 bits per heavy atom. The predicted octanol–water partition coefficient (Wildman–Crippen LogP) is 5.07. The summed E-state index contributed by atoms with van der Waals surface area (Å²) >= 11 is 12.2. The van der Waals surface area contributed by atoms with Crippen molar-refractivity contribution in [1.29, 1.82) is 0 Å². The highest BCUT2D eigenvalue weighted by Crippen LogP contribution is 2.27. The highest BCUT2D eigenvalue weighted by atomic mass is 35.5. The molecule has 6 nitrogen and oxygen atoms in total. The summed E-state index contributed by atoms with van der Waals surface area (Å²) in [6.45, 7) is 2.19. The largest absolute Gasteiger partial charge is 0.460 e. The van der Waals surface area contributed by atoms with Gasteiger partial charge in [-0.05, 0) is 48.9 Å². The molecule has 0 bridgehead atoms. The minimum atomic E-state index is -0.290. The molecular formula is C21H16Cl2N4O2. The molecule has 0 aliphatic heterocycles. The lowest BCUT2D eigenvalue weighted by Gasteiger charge is -2.09. The van der Waals surface area contributed by atoms with Gasteiger partial charge in [-0.1, -0.05) is 29.3 Å². The van der Waals surface area contributed by atoms with Gasteiger partial charge < -0.3 is 9.73 Å². The van der Waals surface area contributed by atoms with Crippen LogP contribution in [0.2, 0.25) is 10.0 Å². The number of aryl methyl sites for hydroxylation is 1. The molecule has 1 N–H and O–H groups in total. The van der Waals surface area contributed by atoms with E-state index in [-0.39, 0.29) is 5.91 Å². The summed E-state index contributed by atoms with van der Waals surface area (Å²) < 4.78 is 7.18. The Kier molecular flexibility index (Phi) is 5.38. The highest BCUT2D eigenvalue weighted by molar-refractivity contribution is 6.42. The standard InChI is InChI=1S/C21H16Cl2N4O2/c1-13-4-7-20(29-13)18-10-19(21(28)25-12-14-3-2-8-24-11-14)27(26-18)15-5-6-16(22)17(23)9-15/h2-11H,12H2,1H3,(H,25,28). The molecule has 0 aliphatic rings. The van der Waals surface area contributed by atoms with Gasteiger partial charge in [0.25, 0.3) is 5.91 Å². The van der Waals surface area contributed by atoms with E-state index in [0.717, 1.165) is 11.3 Å². The van der Waals surface area contributed by atoms with Crippen LogP contribution < -0.4 is 5.32 Å². The number of amides is 1. The van der Waals surface area contributed by atoms with E-state index in [4.69, 9.17) is 27.6 Å². The number of nitrogens with zero attached hydrogens (tertiary/aromatic N) is 3. The first-order chi connectivity index (χ1) is 14.0. The fraction of sp³-hybridized carbons (Fsp3) is 0.0952. The summed E-state index contributed by atoms with van der Waals surface area (Å²) in [4.78, 5) is 17.0. The van der Waals surface area contributed by atoms with E-state index >= 15 is 0 Å². The normalized spacial score (nSPS) is 10.9. The molecule has 0 unspecified atom stereocenters. The lowest BCUT2D eigenvalue weighted by Crippen LogP contribution is -2.25. The van der Waals surface area contributed by atoms with E-state index in [2.05, 4.69) is 15.4 Å². The number of aromatic nitrogens is 3. The number of hydrogen-bond donors (Lipinski definition) is 1. The zero-order valence-electron chi connectivity index (χ0n) is 15.4. The number of hydrogen-bond acceptors (Lipinski definition) is 4. The van der Waals surface area contributed by atoms with E-state index in [0.29, 0.717) is 39.4 Å². The van der Waals surface area contributed by atoms with Crippen molar-refractivity contribution < 1.29 is 9.21 Å². The Balaban J connectivity index is 1.71. The van der Waals surface area contributed by atoms with Crippen molar-refractivity contribution in [2.75, 3.05) is 0 Å². The van der Waals surface area contributed by atoms with Crippen LogP contribution >= 0.6 is 23.2 Å². The van der Waals surface area contributed by atoms with Crippen LogP contribution in [0.5, 0.6) is 0 Å². The topological polar surface area (TPSA) is 73.0 Å². The maximum Gasteiger partial charge on any atom is 0.270 e.